The van der Waals surface area contributed by atoms with E-state index in [0.717, 1.165) is 33.8 Å². The van der Waals surface area contributed by atoms with Gasteiger partial charge in [0.15, 0.2) is 0 Å². The fourth-order valence-corrected chi connectivity index (χ4v) is 3.12. The predicted octanol–water partition coefficient (Wildman–Crippen LogP) is 4.77. The lowest BCUT2D eigenvalue weighted by atomic mass is 10.1. The number of carbonyl (C=O) groups excluding carboxylic acids is 1. The van der Waals surface area contributed by atoms with Crippen LogP contribution >= 0.6 is 0 Å². The van der Waals surface area contributed by atoms with E-state index in [4.69, 9.17) is 0 Å². The summed E-state index contributed by atoms with van der Waals surface area (Å²) in [4.78, 5) is 25.2. The summed E-state index contributed by atoms with van der Waals surface area (Å²) < 4.78 is 0. The molecule has 148 valence electrons. The Morgan fingerprint density at radius 1 is 0.933 bits per heavy atom. The van der Waals surface area contributed by atoms with Gasteiger partial charge in [0.25, 0.3) is 0 Å². The van der Waals surface area contributed by atoms with Crippen molar-refractivity contribution in [3.63, 3.8) is 0 Å². The number of aryl methyl sites for hydroxylation is 1. The summed E-state index contributed by atoms with van der Waals surface area (Å²) in [5, 5.41) is 6.32. The molecule has 4 aromatic rings. The van der Waals surface area contributed by atoms with Crippen LogP contribution in [0.25, 0.3) is 11.3 Å². The van der Waals surface area contributed by atoms with Crippen LogP contribution in [0.15, 0.2) is 85.5 Å². The number of aromatic nitrogens is 3. The highest BCUT2D eigenvalue weighted by Gasteiger charge is 2.11. The second kappa shape index (κ2) is 8.96. The number of carbonyl (C=O) groups is 1. The number of pyridine rings is 1. The number of nitrogens with zero attached hydrogens (tertiary/aromatic N) is 3. The van der Waals surface area contributed by atoms with Crippen molar-refractivity contribution in [1.82, 2.24) is 15.0 Å². The van der Waals surface area contributed by atoms with E-state index < -0.39 is 0 Å². The molecule has 0 atom stereocenters. The van der Waals surface area contributed by atoms with Crippen LogP contribution in [-0.4, -0.2) is 20.9 Å². The van der Waals surface area contributed by atoms with Crippen LogP contribution in [0.2, 0.25) is 0 Å². The first-order chi connectivity index (χ1) is 14.7. The minimum absolute atomic E-state index is 0.0597. The lowest BCUT2D eigenvalue weighted by Gasteiger charge is -2.14. The van der Waals surface area contributed by atoms with Crippen molar-refractivity contribution in [2.75, 3.05) is 10.6 Å². The van der Waals surface area contributed by atoms with E-state index in [1.54, 1.807) is 12.4 Å². The summed E-state index contributed by atoms with van der Waals surface area (Å²) in [7, 11) is 0. The topological polar surface area (TPSA) is 79.8 Å². The van der Waals surface area contributed by atoms with E-state index in [0.29, 0.717) is 5.82 Å². The highest BCUT2D eigenvalue weighted by atomic mass is 16.1. The van der Waals surface area contributed by atoms with Crippen molar-refractivity contribution in [3.05, 3.63) is 96.6 Å². The Morgan fingerprint density at radius 2 is 1.80 bits per heavy atom. The van der Waals surface area contributed by atoms with Gasteiger partial charge >= 0.3 is 0 Å². The van der Waals surface area contributed by atoms with Gasteiger partial charge in [-0.3, -0.25) is 4.79 Å². The minimum Gasteiger partial charge on any atom is -0.339 e. The van der Waals surface area contributed by atoms with Crippen molar-refractivity contribution >= 4 is 23.1 Å². The summed E-state index contributed by atoms with van der Waals surface area (Å²) in [6.45, 7) is 2.02. The van der Waals surface area contributed by atoms with Gasteiger partial charge in [-0.15, -0.1) is 0 Å². The Bertz CT molecular complexity index is 1150. The molecule has 0 aliphatic rings. The standard InChI is InChI=1S/C24H21N5O/c1-17-9-10-18(15-23(30)28-19-6-3-2-4-7-19)14-22(17)29-24-20(8-5-12-26-24)21-11-13-25-16-27-21/h2-14,16H,15H2,1H3,(H,26,29)(H,28,30). The van der Waals surface area contributed by atoms with Gasteiger partial charge in [-0.05, 0) is 54.4 Å². The van der Waals surface area contributed by atoms with Crippen molar-refractivity contribution in [2.45, 2.75) is 13.3 Å². The highest BCUT2D eigenvalue weighted by molar-refractivity contribution is 5.92. The SMILES string of the molecule is Cc1ccc(CC(=O)Nc2ccccc2)cc1Nc1ncccc1-c1ccncn1. The Labute approximate surface area is 175 Å². The summed E-state index contributed by atoms with van der Waals surface area (Å²) in [5.74, 6) is 0.640. The molecule has 1 amide bonds. The third kappa shape index (κ3) is 4.67. The lowest BCUT2D eigenvalue weighted by Crippen LogP contribution is -2.14. The molecule has 0 aliphatic heterocycles. The summed E-state index contributed by atoms with van der Waals surface area (Å²) >= 11 is 0. The fraction of sp³-hybridized carbons (Fsp3) is 0.0833. The number of hydrogen-bond acceptors (Lipinski definition) is 5. The second-order valence-electron chi connectivity index (χ2n) is 6.86. The van der Waals surface area contributed by atoms with E-state index >= 15 is 0 Å². The molecule has 2 aromatic heterocycles. The molecule has 6 heteroatoms. The maximum Gasteiger partial charge on any atom is 0.228 e. The Kier molecular flexibility index (Phi) is 5.75. The number of benzene rings is 2. The normalized spacial score (nSPS) is 10.4. The zero-order chi connectivity index (χ0) is 20.8. The molecule has 0 fully saturated rings. The number of rotatable bonds is 6. The number of anilines is 3. The van der Waals surface area contributed by atoms with E-state index in [9.17, 15) is 4.79 Å². The van der Waals surface area contributed by atoms with Gasteiger partial charge in [0.2, 0.25) is 5.91 Å². The molecule has 0 unspecified atom stereocenters. The van der Waals surface area contributed by atoms with E-state index in [1.165, 1.54) is 6.33 Å². The highest BCUT2D eigenvalue weighted by Crippen LogP contribution is 2.28. The number of nitrogens with one attached hydrogen (secondary N) is 2. The van der Waals surface area contributed by atoms with Gasteiger partial charge in [0.05, 0.1) is 12.1 Å². The van der Waals surface area contributed by atoms with Crippen molar-refractivity contribution in [1.29, 1.82) is 0 Å². The average molecular weight is 395 g/mol. The van der Waals surface area contributed by atoms with Crippen molar-refractivity contribution in [3.8, 4) is 11.3 Å². The van der Waals surface area contributed by atoms with Crippen LogP contribution in [-0.2, 0) is 11.2 Å². The lowest BCUT2D eigenvalue weighted by molar-refractivity contribution is -0.115. The zero-order valence-electron chi connectivity index (χ0n) is 16.5. The average Bonchev–Trinajstić information content (AvgIpc) is 2.78. The number of hydrogen-bond donors (Lipinski definition) is 2. The maximum absolute atomic E-state index is 12.4. The molecule has 0 saturated heterocycles. The van der Waals surface area contributed by atoms with Crippen LogP contribution in [0.1, 0.15) is 11.1 Å². The quantitative estimate of drug-likeness (QED) is 0.491. The molecular formula is C24H21N5O. The van der Waals surface area contributed by atoms with Crippen LogP contribution in [0.5, 0.6) is 0 Å². The monoisotopic (exact) mass is 395 g/mol. The van der Waals surface area contributed by atoms with Gasteiger partial charge in [0, 0.05) is 29.3 Å². The first-order valence-corrected chi connectivity index (χ1v) is 9.62. The molecular weight excluding hydrogens is 374 g/mol. The molecule has 0 spiro atoms. The third-order valence-corrected chi connectivity index (χ3v) is 4.64. The zero-order valence-corrected chi connectivity index (χ0v) is 16.5. The smallest absolute Gasteiger partial charge is 0.228 e. The van der Waals surface area contributed by atoms with Gasteiger partial charge in [-0.1, -0.05) is 30.3 Å². The molecule has 4 rings (SSSR count). The number of amides is 1. The first-order valence-electron chi connectivity index (χ1n) is 9.62. The fourth-order valence-electron chi connectivity index (χ4n) is 3.12. The predicted molar refractivity (Wildman–Crippen MR) is 119 cm³/mol. The van der Waals surface area contributed by atoms with Crippen LogP contribution < -0.4 is 10.6 Å². The molecule has 6 nitrogen and oxygen atoms in total. The Morgan fingerprint density at radius 3 is 2.60 bits per heavy atom. The second-order valence-corrected chi connectivity index (χ2v) is 6.86. The van der Waals surface area contributed by atoms with E-state index in [-0.39, 0.29) is 12.3 Å². The summed E-state index contributed by atoms with van der Waals surface area (Å²) in [6, 6.07) is 21.1. The van der Waals surface area contributed by atoms with E-state index in [2.05, 4.69) is 25.6 Å². The van der Waals surface area contributed by atoms with Crippen LogP contribution in [0.4, 0.5) is 17.2 Å². The van der Waals surface area contributed by atoms with Gasteiger partial charge < -0.3 is 10.6 Å². The van der Waals surface area contributed by atoms with Gasteiger partial charge in [-0.2, -0.15) is 0 Å². The van der Waals surface area contributed by atoms with E-state index in [1.807, 2.05) is 73.7 Å². The molecule has 0 bridgehead atoms. The molecule has 2 aromatic carbocycles. The van der Waals surface area contributed by atoms with Crippen LogP contribution in [0, 0.1) is 6.92 Å². The summed E-state index contributed by atoms with van der Waals surface area (Å²) in [5.41, 5.74) is 5.32. The van der Waals surface area contributed by atoms with Crippen LogP contribution in [0.3, 0.4) is 0 Å². The molecule has 0 aliphatic carbocycles. The molecule has 30 heavy (non-hydrogen) atoms. The van der Waals surface area contributed by atoms with Gasteiger partial charge in [0.1, 0.15) is 12.1 Å². The minimum atomic E-state index is -0.0597. The molecule has 2 heterocycles. The number of para-hydroxylation sites is 1. The third-order valence-electron chi connectivity index (χ3n) is 4.64. The molecule has 0 saturated carbocycles. The Balaban J connectivity index is 1.54. The first kappa shape index (κ1) is 19.3. The van der Waals surface area contributed by atoms with Gasteiger partial charge in [-0.25, -0.2) is 15.0 Å². The summed E-state index contributed by atoms with van der Waals surface area (Å²) in [6.07, 6.45) is 5.24. The largest absolute Gasteiger partial charge is 0.339 e. The Hall–Kier alpha value is -4.06. The van der Waals surface area contributed by atoms with Crippen molar-refractivity contribution < 1.29 is 4.79 Å². The molecule has 0 radical (unpaired) electrons. The molecule has 2 N–H and O–H groups in total. The maximum atomic E-state index is 12.4. The van der Waals surface area contributed by atoms with Crippen molar-refractivity contribution in [2.24, 2.45) is 0 Å².